The van der Waals surface area contributed by atoms with Crippen molar-refractivity contribution in [3.05, 3.63) is 18.2 Å². The molecule has 1 N–H and O–H groups in total. The zero-order chi connectivity index (χ0) is 11.0. The number of nitrogens with one attached hydrogen (secondary N) is 1. The molecule has 0 spiro atoms. The standard InChI is InChI=1S/C12H20N4/c1-15-5-3-14-12(15)9-16-4-2-10-6-13-7-11(10)8-16/h3,5,10-11,13H,2,4,6-9H2,1H3. The van der Waals surface area contributed by atoms with Crippen molar-refractivity contribution in [3.63, 3.8) is 0 Å². The Balaban J connectivity index is 1.62. The Labute approximate surface area is 96.7 Å². The number of hydrogen-bond donors (Lipinski definition) is 1. The number of nitrogens with zero attached hydrogens (tertiary/aromatic N) is 3. The van der Waals surface area contributed by atoms with Crippen molar-refractivity contribution in [2.24, 2.45) is 18.9 Å². The Morgan fingerprint density at radius 2 is 2.31 bits per heavy atom. The lowest BCUT2D eigenvalue weighted by atomic mass is 9.89. The maximum atomic E-state index is 4.40. The summed E-state index contributed by atoms with van der Waals surface area (Å²) in [4.78, 5) is 6.95. The summed E-state index contributed by atoms with van der Waals surface area (Å²) >= 11 is 0. The molecule has 4 heteroatoms. The molecule has 2 atom stereocenters. The van der Waals surface area contributed by atoms with Gasteiger partial charge in [-0.1, -0.05) is 0 Å². The monoisotopic (exact) mass is 220 g/mol. The molecular formula is C12H20N4. The van der Waals surface area contributed by atoms with E-state index in [4.69, 9.17) is 0 Å². The SMILES string of the molecule is Cn1ccnc1CN1CCC2CNCC2C1. The van der Waals surface area contributed by atoms with Gasteiger partial charge in [0.05, 0.1) is 6.54 Å². The summed E-state index contributed by atoms with van der Waals surface area (Å²) in [6.45, 7) is 5.93. The third-order valence-electron chi connectivity index (χ3n) is 4.07. The van der Waals surface area contributed by atoms with E-state index in [-0.39, 0.29) is 0 Å². The van der Waals surface area contributed by atoms with Crippen LogP contribution in [-0.4, -0.2) is 40.6 Å². The summed E-state index contributed by atoms with van der Waals surface area (Å²) in [6.07, 6.45) is 5.26. The maximum absolute atomic E-state index is 4.40. The van der Waals surface area contributed by atoms with Crippen LogP contribution in [0.4, 0.5) is 0 Å². The van der Waals surface area contributed by atoms with Gasteiger partial charge < -0.3 is 9.88 Å². The summed E-state index contributed by atoms with van der Waals surface area (Å²) in [7, 11) is 2.08. The average Bonchev–Trinajstić information content (AvgIpc) is 2.88. The van der Waals surface area contributed by atoms with E-state index >= 15 is 0 Å². The van der Waals surface area contributed by atoms with Crippen molar-refractivity contribution in [2.75, 3.05) is 26.2 Å². The van der Waals surface area contributed by atoms with Gasteiger partial charge in [0, 0.05) is 26.0 Å². The van der Waals surface area contributed by atoms with Crippen LogP contribution < -0.4 is 5.32 Å². The van der Waals surface area contributed by atoms with E-state index < -0.39 is 0 Å². The van der Waals surface area contributed by atoms with Crippen LogP contribution in [0.2, 0.25) is 0 Å². The summed E-state index contributed by atoms with van der Waals surface area (Å²) in [5.41, 5.74) is 0. The first-order valence-corrected chi connectivity index (χ1v) is 6.22. The van der Waals surface area contributed by atoms with Gasteiger partial charge in [0.15, 0.2) is 0 Å². The molecule has 0 amide bonds. The van der Waals surface area contributed by atoms with Gasteiger partial charge >= 0.3 is 0 Å². The predicted molar refractivity (Wildman–Crippen MR) is 63.0 cm³/mol. The Morgan fingerprint density at radius 3 is 3.12 bits per heavy atom. The largest absolute Gasteiger partial charge is 0.337 e. The maximum Gasteiger partial charge on any atom is 0.122 e. The summed E-state index contributed by atoms with van der Waals surface area (Å²) in [5.74, 6) is 2.98. The predicted octanol–water partition coefficient (Wildman–Crippen LogP) is 0.461. The van der Waals surface area contributed by atoms with Gasteiger partial charge in [-0.25, -0.2) is 4.98 Å². The van der Waals surface area contributed by atoms with E-state index in [0.29, 0.717) is 0 Å². The van der Waals surface area contributed by atoms with Crippen molar-refractivity contribution in [3.8, 4) is 0 Å². The van der Waals surface area contributed by atoms with Crippen molar-refractivity contribution in [1.82, 2.24) is 19.8 Å². The average molecular weight is 220 g/mol. The van der Waals surface area contributed by atoms with E-state index in [1.807, 2.05) is 12.4 Å². The quantitative estimate of drug-likeness (QED) is 0.786. The number of aromatic nitrogens is 2. The first-order chi connectivity index (χ1) is 7.83. The molecule has 3 rings (SSSR count). The molecule has 2 saturated heterocycles. The summed E-state index contributed by atoms with van der Waals surface area (Å²) < 4.78 is 2.12. The molecule has 1 aromatic rings. The molecular weight excluding hydrogens is 200 g/mol. The van der Waals surface area contributed by atoms with Crippen LogP contribution >= 0.6 is 0 Å². The lowest BCUT2D eigenvalue weighted by molar-refractivity contribution is 0.138. The fraction of sp³-hybridized carbons (Fsp3) is 0.750. The van der Waals surface area contributed by atoms with Crippen LogP contribution in [0.1, 0.15) is 12.2 Å². The Kier molecular flexibility index (Phi) is 2.69. The van der Waals surface area contributed by atoms with Crippen LogP contribution in [0.5, 0.6) is 0 Å². The molecule has 0 aliphatic carbocycles. The van der Waals surface area contributed by atoms with Gasteiger partial charge in [0.1, 0.15) is 5.82 Å². The fourth-order valence-electron chi connectivity index (χ4n) is 3.00. The highest BCUT2D eigenvalue weighted by atomic mass is 15.2. The van der Waals surface area contributed by atoms with E-state index in [9.17, 15) is 0 Å². The molecule has 88 valence electrons. The minimum atomic E-state index is 0.869. The van der Waals surface area contributed by atoms with E-state index in [2.05, 4.69) is 26.8 Å². The van der Waals surface area contributed by atoms with Gasteiger partial charge in [-0.3, -0.25) is 4.90 Å². The van der Waals surface area contributed by atoms with Crippen molar-refractivity contribution in [2.45, 2.75) is 13.0 Å². The van der Waals surface area contributed by atoms with Gasteiger partial charge in [-0.2, -0.15) is 0 Å². The highest BCUT2D eigenvalue weighted by Gasteiger charge is 2.32. The second kappa shape index (κ2) is 4.18. The molecule has 2 aliphatic rings. The van der Waals surface area contributed by atoms with Gasteiger partial charge in [-0.15, -0.1) is 0 Å². The molecule has 16 heavy (non-hydrogen) atoms. The van der Waals surface area contributed by atoms with Gasteiger partial charge in [-0.05, 0) is 37.9 Å². The molecule has 4 nitrogen and oxygen atoms in total. The van der Waals surface area contributed by atoms with Crippen LogP contribution in [0.15, 0.2) is 12.4 Å². The lowest BCUT2D eigenvalue weighted by Crippen LogP contribution is -2.39. The highest BCUT2D eigenvalue weighted by Crippen LogP contribution is 2.26. The molecule has 0 radical (unpaired) electrons. The number of fused-ring (bicyclic) bond motifs is 1. The van der Waals surface area contributed by atoms with E-state index in [0.717, 1.165) is 18.4 Å². The lowest BCUT2D eigenvalue weighted by Gasteiger charge is -2.34. The molecule has 2 aliphatic heterocycles. The number of likely N-dealkylation sites (tertiary alicyclic amines) is 1. The smallest absolute Gasteiger partial charge is 0.122 e. The Hall–Kier alpha value is -0.870. The summed E-state index contributed by atoms with van der Waals surface area (Å²) in [6, 6.07) is 0. The third kappa shape index (κ3) is 1.87. The summed E-state index contributed by atoms with van der Waals surface area (Å²) in [5, 5.41) is 3.51. The van der Waals surface area contributed by atoms with Crippen molar-refractivity contribution in [1.29, 1.82) is 0 Å². The molecule has 1 aromatic heterocycles. The minimum Gasteiger partial charge on any atom is -0.337 e. The topological polar surface area (TPSA) is 33.1 Å². The number of aryl methyl sites for hydroxylation is 1. The van der Waals surface area contributed by atoms with Crippen molar-refractivity contribution < 1.29 is 0 Å². The molecule has 0 saturated carbocycles. The molecule has 2 unspecified atom stereocenters. The van der Waals surface area contributed by atoms with Crippen LogP contribution in [-0.2, 0) is 13.6 Å². The normalized spacial score (nSPS) is 30.6. The zero-order valence-corrected chi connectivity index (χ0v) is 9.89. The first-order valence-electron chi connectivity index (χ1n) is 6.22. The second-order valence-electron chi connectivity index (χ2n) is 5.16. The second-order valence-corrected chi connectivity index (χ2v) is 5.16. The van der Waals surface area contributed by atoms with E-state index in [1.54, 1.807) is 0 Å². The minimum absolute atomic E-state index is 0.869. The zero-order valence-electron chi connectivity index (χ0n) is 9.89. The van der Waals surface area contributed by atoms with E-state index in [1.165, 1.54) is 38.4 Å². The number of hydrogen-bond acceptors (Lipinski definition) is 3. The molecule has 0 bridgehead atoms. The number of rotatable bonds is 2. The molecule has 0 aromatic carbocycles. The number of imidazole rings is 1. The fourth-order valence-corrected chi connectivity index (χ4v) is 3.00. The van der Waals surface area contributed by atoms with Gasteiger partial charge in [0.25, 0.3) is 0 Å². The van der Waals surface area contributed by atoms with Crippen LogP contribution in [0.25, 0.3) is 0 Å². The first kappa shape index (κ1) is 10.3. The molecule has 3 heterocycles. The molecule has 2 fully saturated rings. The van der Waals surface area contributed by atoms with Crippen LogP contribution in [0.3, 0.4) is 0 Å². The van der Waals surface area contributed by atoms with Crippen LogP contribution in [0, 0.1) is 11.8 Å². The third-order valence-corrected chi connectivity index (χ3v) is 4.07. The van der Waals surface area contributed by atoms with Crippen molar-refractivity contribution >= 4 is 0 Å². The Bertz CT molecular complexity index is 360. The highest BCUT2D eigenvalue weighted by molar-refractivity contribution is 4.94. The van der Waals surface area contributed by atoms with Gasteiger partial charge in [0.2, 0.25) is 0 Å². The number of piperidine rings is 1. The Morgan fingerprint density at radius 1 is 1.44 bits per heavy atom.